The number of carbonyl (C=O) groups excluding carboxylic acids is 3. The van der Waals surface area contributed by atoms with E-state index in [0.717, 1.165) is 5.56 Å². The number of hydrogen-bond acceptors (Lipinski definition) is 5. The van der Waals surface area contributed by atoms with Crippen LogP contribution in [0.5, 0.6) is 0 Å². The minimum absolute atomic E-state index is 0.0769. The Morgan fingerprint density at radius 3 is 2.24 bits per heavy atom. The van der Waals surface area contributed by atoms with E-state index in [1.807, 2.05) is 70.2 Å². The second-order valence-electron chi connectivity index (χ2n) is 9.13. The van der Waals surface area contributed by atoms with Gasteiger partial charge in [0.15, 0.2) is 5.76 Å². The molecule has 0 bridgehead atoms. The first-order chi connectivity index (χ1) is 16.2. The number of rotatable bonds is 11. The highest BCUT2D eigenvalue weighted by molar-refractivity contribution is 5.94. The molecule has 3 amide bonds. The van der Waals surface area contributed by atoms with E-state index in [1.165, 1.54) is 17.3 Å². The zero-order chi connectivity index (χ0) is 25.1. The molecule has 2 rings (SSSR count). The van der Waals surface area contributed by atoms with Crippen molar-refractivity contribution in [1.82, 2.24) is 15.9 Å². The number of hydroxylamine groups is 1. The van der Waals surface area contributed by atoms with Gasteiger partial charge in [0.2, 0.25) is 11.8 Å². The van der Waals surface area contributed by atoms with Crippen LogP contribution in [0.15, 0.2) is 59.2 Å². The Kier molecular flexibility index (Phi) is 10.5. The molecular weight excluding hydrogens is 434 g/mol. The number of nitrogens with one attached hydrogen (secondary N) is 2. The van der Waals surface area contributed by atoms with E-state index in [0.29, 0.717) is 6.42 Å². The van der Waals surface area contributed by atoms with Crippen molar-refractivity contribution < 1.29 is 24.0 Å². The molecule has 0 aliphatic rings. The van der Waals surface area contributed by atoms with Crippen molar-refractivity contribution in [1.29, 1.82) is 0 Å². The molecule has 0 radical (unpaired) electrons. The number of carbonyl (C=O) groups is 3. The lowest BCUT2D eigenvalue weighted by Crippen LogP contribution is -2.52. The maximum Gasteiger partial charge on any atom is 0.307 e. The Hall–Kier alpha value is -3.39. The summed E-state index contributed by atoms with van der Waals surface area (Å²) in [6, 6.07) is 12.7. The highest BCUT2D eigenvalue weighted by Gasteiger charge is 2.35. The lowest BCUT2D eigenvalue weighted by molar-refractivity contribution is -0.142. The molecule has 3 N–H and O–H groups in total. The predicted octanol–water partition coefficient (Wildman–Crippen LogP) is 4.30. The quantitative estimate of drug-likeness (QED) is 0.336. The minimum atomic E-state index is -0.827. The number of nitrogens with zero attached hydrogens (tertiary/aromatic N) is 1. The Morgan fingerprint density at radius 2 is 1.68 bits per heavy atom. The Balaban J connectivity index is 2.27. The summed E-state index contributed by atoms with van der Waals surface area (Å²) in [5, 5.41) is 10.6. The van der Waals surface area contributed by atoms with Crippen LogP contribution in [-0.2, 0) is 9.59 Å². The summed E-state index contributed by atoms with van der Waals surface area (Å²) in [4.78, 5) is 38.9. The van der Waals surface area contributed by atoms with Gasteiger partial charge in [-0.15, -0.1) is 0 Å². The summed E-state index contributed by atoms with van der Waals surface area (Å²) < 4.78 is 5.21. The fourth-order valence-electron chi connectivity index (χ4n) is 3.71. The summed E-state index contributed by atoms with van der Waals surface area (Å²) in [5.74, 6) is -2.89. The van der Waals surface area contributed by atoms with Gasteiger partial charge in [-0.25, -0.2) is 10.5 Å². The molecule has 2 atom stereocenters. The van der Waals surface area contributed by atoms with Gasteiger partial charge in [0, 0.05) is 6.54 Å². The van der Waals surface area contributed by atoms with Crippen LogP contribution in [0, 0.1) is 23.7 Å². The number of benzene rings is 1. The molecule has 0 aliphatic heterocycles. The Morgan fingerprint density at radius 1 is 0.971 bits per heavy atom. The third kappa shape index (κ3) is 8.19. The highest BCUT2D eigenvalue weighted by atomic mass is 16.5. The van der Waals surface area contributed by atoms with Gasteiger partial charge in [0.1, 0.15) is 0 Å². The molecule has 0 unspecified atom stereocenters. The third-order valence-electron chi connectivity index (χ3n) is 5.26. The fourth-order valence-corrected chi connectivity index (χ4v) is 3.71. The molecular formula is C26H35N3O5. The van der Waals surface area contributed by atoms with Crippen molar-refractivity contribution in [2.24, 2.45) is 23.7 Å². The van der Waals surface area contributed by atoms with E-state index < -0.39 is 29.6 Å². The van der Waals surface area contributed by atoms with Crippen molar-refractivity contribution in [3.8, 4) is 0 Å². The van der Waals surface area contributed by atoms with Crippen LogP contribution in [0.4, 0.5) is 0 Å². The van der Waals surface area contributed by atoms with Crippen molar-refractivity contribution >= 4 is 23.8 Å². The lowest BCUT2D eigenvalue weighted by atomic mass is 9.82. The van der Waals surface area contributed by atoms with Crippen LogP contribution in [0.2, 0.25) is 0 Å². The summed E-state index contributed by atoms with van der Waals surface area (Å²) in [5.41, 5.74) is 5.37. The van der Waals surface area contributed by atoms with Crippen LogP contribution in [0.25, 0.3) is 6.08 Å². The second-order valence-corrected chi connectivity index (χ2v) is 9.13. The van der Waals surface area contributed by atoms with Crippen LogP contribution >= 0.6 is 0 Å². The molecule has 1 aromatic heterocycles. The normalized spacial score (nSPS) is 13.1. The first-order valence-electron chi connectivity index (χ1n) is 11.5. The summed E-state index contributed by atoms with van der Waals surface area (Å²) >= 11 is 0. The van der Waals surface area contributed by atoms with E-state index in [1.54, 1.807) is 11.5 Å². The molecule has 1 aromatic carbocycles. The van der Waals surface area contributed by atoms with Gasteiger partial charge < -0.3 is 4.42 Å². The molecule has 0 saturated heterocycles. The average molecular weight is 470 g/mol. The van der Waals surface area contributed by atoms with E-state index in [2.05, 4.69) is 5.43 Å². The summed E-state index contributed by atoms with van der Waals surface area (Å²) in [7, 11) is 0. The van der Waals surface area contributed by atoms with Gasteiger partial charge in [-0.2, -0.15) is 0 Å². The highest BCUT2D eigenvalue weighted by Crippen LogP contribution is 2.26. The van der Waals surface area contributed by atoms with Crippen molar-refractivity contribution in [2.75, 3.05) is 6.54 Å². The molecule has 0 aliphatic carbocycles. The first kappa shape index (κ1) is 26.9. The van der Waals surface area contributed by atoms with Gasteiger partial charge in [-0.3, -0.25) is 25.0 Å². The molecule has 34 heavy (non-hydrogen) atoms. The van der Waals surface area contributed by atoms with Gasteiger partial charge in [0.05, 0.1) is 18.1 Å². The van der Waals surface area contributed by atoms with Crippen molar-refractivity contribution in [2.45, 2.75) is 40.5 Å². The number of furan rings is 1. The Labute approximate surface area is 200 Å². The van der Waals surface area contributed by atoms with Crippen LogP contribution in [-0.4, -0.2) is 34.5 Å². The van der Waals surface area contributed by atoms with Crippen molar-refractivity contribution in [3.63, 3.8) is 0 Å². The largest absolute Gasteiger partial charge is 0.459 e. The Bertz CT molecular complexity index is 939. The topological polar surface area (TPSA) is 112 Å². The van der Waals surface area contributed by atoms with E-state index in [4.69, 9.17) is 4.42 Å². The van der Waals surface area contributed by atoms with E-state index in [9.17, 15) is 19.6 Å². The monoisotopic (exact) mass is 469 g/mol. The maximum atomic E-state index is 13.4. The molecule has 8 heteroatoms. The number of hydrogen-bond donors (Lipinski definition) is 3. The zero-order valence-electron chi connectivity index (χ0n) is 20.2. The smallest absolute Gasteiger partial charge is 0.307 e. The minimum Gasteiger partial charge on any atom is -0.459 e. The third-order valence-corrected chi connectivity index (χ3v) is 5.26. The summed E-state index contributed by atoms with van der Waals surface area (Å²) in [6.07, 6.45) is 5.71. The van der Waals surface area contributed by atoms with Crippen LogP contribution < -0.4 is 10.9 Å². The molecule has 0 saturated carbocycles. The second kappa shape index (κ2) is 13.3. The van der Waals surface area contributed by atoms with E-state index >= 15 is 0 Å². The van der Waals surface area contributed by atoms with Gasteiger partial charge in [-0.1, -0.05) is 70.2 Å². The van der Waals surface area contributed by atoms with Gasteiger partial charge in [-0.05, 0) is 42.4 Å². The van der Waals surface area contributed by atoms with Crippen LogP contribution in [0.1, 0.15) is 56.7 Å². The van der Waals surface area contributed by atoms with Crippen molar-refractivity contribution in [3.05, 3.63) is 66.1 Å². The predicted molar refractivity (Wildman–Crippen MR) is 129 cm³/mol. The molecule has 2 aromatic rings. The van der Waals surface area contributed by atoms with E-state index in [-0.39, 0.29) is 30.6 Å². The number of hydrazine groups is 1. The van der Waals surface area contributed by atoms with Gasteiger partial charge >= 0.3 is 5.91 Å². The van der Waals surface area contributed by atoms with Crippen LogP contribution in [0.3, 0.4) is 0 Å². The first-order valence-corrected chi connectivity index (χ1v) is 11.5. The molecule has 8 nitrogen and oxygen atoms in total. The molecule has 0 fully saturated rings. The lowest BCUT2D eigenvalue weighted by Gasteiger charge is -2.30. The summed E-state index contributed by atoms with van der Waals surface area (Å²) in [6.45, 7) is 8.03. The standard InChI is InChI=1S/C26H35N3O5/c1-18(2)16-22(21(25(31)28-33)13-8-12-20-10-6-5-7-11-20)24(30)27-29(17-19(3)4)26(32)23-14-9-15-34-23/h5-12,14-15,18-19,21-22,33H,13,16-17H2,1-4H3,(H,27,30)(H,28,31)/b12-8+/t21-,22+/m0/s1. The number of allylic oxidation sites excluding steroid dienone is 1. The molecule has 184 valence electrons. The number of amides is 3. The zero-order valence-corrected chi connectivity index (χ0v) is 20.2. The SMILES string of the molecule is CC(C)C[C@@H](C(=O)NN(CC(C)C)C(=O)c1ccco1)[C@H](C/C=C/c1ccccc1)C(=O)NO. The maximum absolute atomic E-state index is 13.4. The molecule has 0 spiro atoms. The molecule has 1 heterocycles. The van der Waals surface area contributed by atoms with Gasteiger partial charge in [0.25, 0.3) is 0 Å². The fraction of sp³-hybridized carbons (Fsp3) is 0.423. The average Bonchev–Trinajstić information content (AvgIpc) is 3.34.